The van der Waals surface area contributed by atoms with E-state index >= 15 is 0 Å². The molecule has 3 aromatic carbocycles. The predicted molar refractivity (Wildman–Crippen MR) is 158 cm³/mol. The highest BCUT2D eigenvalue weighted by Crippen LogP contribution is 2.59. The number of nitrogens with two attached hydrogens (primary N) is 1. The van der Waals surface area contributed by atoms with E-state index in [4.69, 9.17) is 17.3 Å². The van der Waals surface area contributed by atoms with Crippen LogP contribution in [-0.4, -0.2) is 51.4 Å². The first-order valence-corrected chi connectivity index (χ1v) is 15.9. The summed E-state index contributed by atoms with van der Waals surface area (Å²) < 4.78 is 43.8. The van der Waals surface area contributed by atoms with E-state index < -0.39 is 21.3 Å². The molecule has 7 nitrogen and oxygen atoms in total. The Bertz CT molecular complexity index is 1550. The van der Waals surface area contributed by atoms with E-state index in [-0.39, 0.29) is 29.3 Å². The van der Waals surface area contributed by atoms with Crippen molar-refractivity contribution in [2.24, 2.45) is 11.7 Å². The van der Waals surface area contributed by atoms with Gasteiger partial charge in [0, 0.05) is 35.6 Å². The zero-order chi connectivity index (χ0) is 28.8. The molecule has 2 aliphatic heterocycles. The summed E-state index contributed by atoms with van der Waals surface area (Å²) in [5, 5.41) is 3.55. The van der Waals surface area contributed by atoms with Gasteiger partial charge in [0.2, 0.25) is 0 Å². The van der Waals surface area contributed by atoms with Crippen molar-refractivity contribution in [3.8, 4) is 0 Å². The highest BCUT2D eigenvalue weighted by atomic mass is 35.5. The van der Waals surface area contributed by atoms with E-state index in [0.717, 1.165) is 56.4 Å². The van der Waals surface area contributed by atoms with Gasteiger partial charge in [0.1, 0.15) is 5.82 Å². The van der Waals surface area contributed by atoms with Crippen molar-refractivity contribution in [1.29, 1.82) is 0 Å². The Morgan fingerprint density at radius 3 is 2.41 bits per heavy atom. The molecule has 0 aromatic heterocycles. The van der Waals surface area contributed by atoms with Crippen molar-refractivity contribution in [1.82, 2.24) is 10.2 Å². The number of amides is 1. The van der Waals surface area contributed by atoms with Gasteiger partial charge in [0.25, 0.3) is 15.9 Å². The van der Waals surface area contributed by atoms with E-state index in [2.05, 4.69) is 10.2 Å². The zero-order valence-electron chi connectivity index (χ0n) is 22.7. The van der Waals surface area contributed by atoms with Crippen LogP contribution in [0.15, 0.2) is 71.6 Å². The minimum atomic E-state index is -3.99. The fourth-order valence-electron chi connectivity index (χ4n) is 6.70. The second kappa shape index (κ2) is 11.0. The van der Waals surface area contributed by atoms with Crippen molar-refractivity contribution < 1.29 is 17.6 Å². The fourth-order valence-corrected chi connectivity index (χ4v) is 8.70. The van der Waals surface area contributed by atoms with Crippen molar-refractivity contribution in [2.45, 2.75) is 48.6 Å². The van der Waals surface area contributed by atoms with Crippen molar-refractivity contribution >= 4 is 33.2 Å². The fraction of sp³-hybridized carbons (Fsp3) is 0.387. The number of hydrogen-bond acceptors (Lipinski definition) is 5. The molecule has 3 N–H and O–H groups in total. The molecular weight excluding hydrogens is 563 g/mol. The number of rotatable bonds is 8. The number of likely N-dealkylation sites (tertiary alicyclic amines) is 1. The highest BCUT2D eigenvalue weighted by molar-refractivity contribution is 7.92. The Labute approximate surface area is 245 Å². The van der Waals surface area contributed by atoms with Gasteiger partial charge in [-0.25, -0.2) is 12.8 Å². The van der Waals surface area contributed by atoms with Gasteiger partial charge in [0.05, 0.1) is 16.6 Å². The lowest BCUT2D eigenvalue weighted by Crippen LogP contribution is -2.54. The van der Waals surface area contributed by atoms with Crippen LogP contribution in [0.2, 0.25) is 5.02 Å². The molecule has 1 atom stereocenters. The molecule has 0 bridgehead atoms. The number of piperidine rings is 1. The van der Waals surface area contributed by atoms with E-state index in [9.17, 15) is 17.6 Å². The SMILES string of the molecule is NCCN1CCC2(CC1)c1cc(C(=O)NCc3ccccc3Cl)ccc1N(S(=O)(=O)c1ccc(F)cc1)C2C1CC1. The molecule has 6 rings (SSSR count). The van der Waals surface area contributed by atoms with Crippen LogP contribution in [0.1, 0.15) is 47.2 Å². The quantitative estimate of drug-likeness (QED) is 0.393. The molecule has 1 amide bonds. The number of carbonyl (C=O) groups is 1. The summed E-state index contributed by atoms with van der Waals surface area (Å²) in [6, 6.07) is 17.5. The first-order valence-electron chi connectivity index (χ1n) is 14.1. The molecular formula is C31H34ClFN4O3S. The summed E-state index contributed by atoms with van der Waals surface area (Å²) in [7, 11) is -3.99. The zero-order valence-corrected chi connectivity index (χ0v) is 24.3. The highest BCUT2D eigenvalue weighted by Gasteiger charge is 2.60. The normalized spacial score (nSPS) is 20.3. The second-order valence-electron chi connectivity index (χ2n) is 11.3. The molecule has 0 radical (unpaired) electrons. The standard InChI is InChI=1S/C31H34ClFN4O3S/c32-27-4-2-1-3-23(27)20-35-30(38)22-7-12-28-26(19-22)31(13-16-36(17-14-31)18-15-34)29(21-5-6-21)37(28)41(39,40)25-10-8-24(33)9-11-25/h1-4,7-12,19,21,29H,5-6,13-18,20,34H2,(H,35,38). The van der Waals surface area contributed by atoms with Crippen LogP contribution in [-0.2, 0) is 22.0 Å². The first kappa shape index (κ1) is 28.2. The Hall–Kier alpha value is -2.98. The number of carbonyl (C=O) groups excluding carboxylic acids is 1. The van der Waals surface area contributed by atoms with Crippen LogP contribution in [0, 0.1) is 11.7 Å². The Morgan fingerprint density at radius 2 is 1.76 bits per heavy atom. The number of benzene rings is 3. The summed E-state index contributed by atoms with van der Waals surface area (Å²) in [4.78, 5) is 15.7. The number of nitrogens with one attached hydrogen (secondary N) is 1. The maximum Gasteiger partial charge on any atom is 0.264 e. The van der Waals surface area contributed by atoms with Crippen molar-refractivity contribution in [3.05, 3.63) is 94.3 Å². The lowest BCUT2D eigenvalue weighted by Gasteiger charge is -2.45. The largest absolute Gasteiger partial charge is 0.348 e. The topological polar surface area (TPSA) is 95.7 Å². The molecule has 2 heterocycles. The maximum atomic E-state index is 14.2. The minimum absolute atomic E-state index is 0.0645. The third kappa shape index (κ3) is 5.14. The monoisotopic (exact) mass is 596 g/mol. The van der Waals surface area contributed by atoms with Gasteiger partial charge in [-0.15, -0.1) is 0 Å². The minimum Gasteiger partial charge on any atom is -0.348 e. The molecule has 1 saturated heterocycles. The number of hydrogen-bond donors (Lipinski definition) is 2. The molecule has 1 aliphatic carbocycles. The number of fused-ring (bicyclic) bond motifs is 2. The average molecular weight is 597 g/mol. The third-order valence-corrected chi connectivity index (χ3v) is 11.1. The first-order chi connectivity index (χ1) is 19.7. The molecule has 1 spiro atoms. The number of anilines is 1. The smallest absolute Gasteiger partial charge is 0.264 e. The Morgan fingerprint density at radius 1 is 1.05 bits per heavy atom. The van der Waals surface area contributed by atoms with Crippen LogP contribution in [0.4, 0.5) is 10.1 Å². The number of halogens is 2. The molecule has 41 heavy (non-hydrogen) atoms. The van der Waals surface area contributed by atoms with Crippen LogP contribution in [0.25, 0.3) is 0 Å². The predicted octanol–water partition coefficient (Wildman–Crippen LogP) is 4.69. The lowest BCUT2D eigenvalue weighted by atomic mass is 9.68. The summed E-state index contributed by atoms with van der Waals surface area (Å²) in [6.45, 7) is 3.24. The molecule has 3 aromatic rings. The summed E-state index contributed by atoms with van der Waals surface area (Å²) in [6.07, 6.45) is 3.43. The van der Waals surface area contributed by atoms with Gasteiger partial charge >= 0.3 is 0 Å². The maximum absolute atomic E-state index is 14.2. The molecule has 2 fully saturated rings. The molecule has 10 heteroatoms. The molecule has 216 valence electrons. The summed E-state index contributed by atoms with van der Waals surface area (Å²) >= 11 is 6.29. The third-order valence-electron chi connectivity index (χ3n) is 8.88. The lowest BCUT2D eigenvalue weighted by molar-refractivity contribution is 0.0950. The molecule has 1 unspecified atom stereocenters. The number of sulfonamides is 1. The van der Waals surface area contributed by atoms with Crippen molar-refractivity contribution in [3.63, 3.8) is 0 Å². The van der Waals surface area contributed by atoms with Gasteiger partial charge < -0.3 is 16.0 Å². The van der Waals surface area contributed by atoms with E-state index in [1.54, 1.807) is 22.5 Å². The van der Waals surface area contributed by atoms with E-state index in [1.807, 2.05) is 24.3 Å². The molecule has 1 saturated carbocycles. The molecule has 3 aliphatic rings. The van der Waals surface area contributed by atoms with Gasteiger partial charge in [-0.3, -0.25) is 9.10 Å². The number of nitrogens with zero attached hydrogens (tertiary/aromatic N) is 2. The van der Waals surface area contributed by atoms with Gasteiger partial charge in [-0.1, -0.05) is 29.8 Å². The van der Waals surface area contributed by atoms with E-state index in [1.165, 1.54) is 24.3 Å². The van der Waals surface area contributed by atoms with Gasteiger partial charge in [0.15, 0.2) is 0 Å². The van der Waals surface area contributed by atoms with Crippen LogP contribution >= 0.6 is 11.6 Å². The second-order valence-corrected chi connectivity index (χ2v) is 13.6. The van der Waals surface area contributed by atoms with Crippen LogP contribution in [0.3, 0.4) is 0 Å². The summed E-state index contributed by atoms with van der Waals surface area (Å²) in [5.74, 6) is -0.511. The average Bonchev–Trinajstić information content (AvgIpc) is 3.77. The summed E-state index contributed by atoms with van der Waals surface area (Å²) in [5.41, 5.74) is 8.22. The Kier molecular flexibility index (Phi) is 7.57. The van der Waals surface area contributed by atoms with Crippen molar-refractivity contribution in [2.75, 3.05) is 30.5 Å². The van der Waals surface area contributed by atoms with Crippen LogP contribution in [0.5, 0.6) is 0 Å². The Balaban J connectivity index is 1.41. The van der Waals surface area contributed by atoms with Crippen LogP contribution < -0.4 is 15.4 Å². The van der Waals surface area contributed by atoms with Gasteiger partial charge in [-0.05, 0) is 104 Å². The van der Waals surface area contributed by atoms with E-state index in [0.29, 0.717) is 22.8 Å². The van der Waals surface area contributed by atoms with Gasteiger partial charge in [-0.2, -0.15) is 0 Å².